The molecule has 2 rings (SSSR count). The van der Waals surface area contributed by atoms with Crippen LogP contribution in [0.1, 0.15) is 32.6 Å². The quantitative estimate of drug-likeness (QED) is 0.803. The third kappa shape index (κ3) is 3.71. The first kappa shape index (κ1) is 15.3. The summed E-state index contributed by atoms with van der Waals surface area (Å²) in [7, 11) is -3.57. The monoisotopic (exact) mass is 299 g/mol. The summed E-state index contributed by atoms with van der Waals surface area (Å²) in [5.74, 6) is 0.656. The van der Waals surface area contributed by atoms with Crippen LogP contribution in [0.2, 0.25) is 0 Å². The molecule has 20 heavy (non-hydrogen) atoms. The lowest BCUT2D eigenvalue weighted by atomic mass is 9.81. The normalized spacial score (nSPS) is 17.5. The molecule has 112 valence electrons. The number of aliphatic hydroxyl groups is 1. The molecule has 0 aromatic heterocycles. The number of ether oxygens (including phenoxy) is 1. The van der Waals surface area contributed by atoms with E-state index < -0.39 is 15.6 Å². The molecule has 0 radical (unpaired) electrons. The zero-order valence-corrected chi connectivity index (χ0v) is 12.4. The maximum absolute atomic E-state index is 12.1. The second-order valence-electron chi connectivity index (χ2n) is 5.22. The van der Waals surface area contributed by atoms with Crippen molar-refractivity contribution >= 4 is 10.0 Å². The fourth-order valence-corrected chi connectivity index (χ4v) is 3.13. The van der Waals surface area contributed by atoms with Gasteiger partial charge in [0, 0.05) is 6.54 Å². The van der Waals surface area contributed by atoms with Gasteiger partial charge in [-0.05, 0) is 49.9 Å². The molecule has 0 amide bonds. The molecule has 1 fully saturated rings. The summed E-state index contributed by atoms with van der Waals surface area (Å²) in [5, 5.41) is 9.91. The highest BCUT2D eigenvalue weighted by molar-refractivity contribution is 7.89. The first-order valence-electron chi connectivity index (χ1n) is 6.90. The van der Waals surface area contributed by atoms with Gasteiger partial charge in [-0.25, -0.2) is 13.1 Å². The van der Waals surface area contributed by atoms with Gasteiger partial charge in [-0.2, -0.15) is 0 Å². The molecule has 1 aromatic rings. The predicted molar refractivity (Wildman–Crippen MR) is 76.2 cm³/mol. The molecule has 0 atom stereocenters. The number of benzene rings is 1. The van der Waals surface area contributed by atoms with Crippen molar-refractivity contribution in [1.82, 2.24) is 4.72 Å². The van der Waals surface area contributed by atoms with E-state index in [1.807, 2.05) is 6.92 Å². The van der Waals surface area contributed by atoms with E-state index in [2.05, 4.69) is 4.72 Å². The van der Waals surface area contributed by atoms with Gasteiger partial charge in [0.05, 0.1) is 17.1 Å². The zero-order chi connectivity index (χ0) is 14.6. The Kier molecular flexibility index (Phi) is 4.67. The van der Waals surface area contributed by atoms with E-state index in [4.69, 9.17) is 4.74 Å². The van der Waals surface area contributed by atoms with Gasteiger partial charge in [-0.15, -0.1) is 0 Å². The molecule has 6 heteroatoms. The lowest BCUT2D eigenvalue weighted by Crippen LogP contribution is -2.47. The minimum absolute atomic E-state index is 0.0728. The summed E-state index contributed by atoms with van der Waals surface area (Å²) in [6.07, 6.45) is 3.15. The molecule has 0 spiro atoms. The van der Waals surface area contributed by atoms with Crippen LogP contribution in [0.15, 0.2) is 29.2 Å². The Bertz CT molecular complexity index is 535. The number of hydrogen-bond acceptors (Lipinski definition) is 4. The predicted octanol–water partition coefficient (Wildman–Crippen LogP) is 1.67. The van der Waals surface area contributed by atoms with Crippen molar-refractivity contribution in [1.29, 1.82) is 0 Å². The number of hydrogen-bond donors (Lipinski definition) is 2. The first-order valence-corrected chi connectivity index (χ1v) is 8.38. The average molecular weight is 299 g/mol. The van der Waals surface area contributed by atoms with Crippen molar-refractivity contribution in [2.75, 3.05) is 13.2 Å². The smallest absolute Gasteiger partial charge is 0.240 e. The van der Waals surface area contributed by atoms with Crippen LogP contribution in [0.3, 0.4) is 0 Å². The van der Waals surface area contributed by atoms with Crippen molar-refractivity contribution < 1.29 is 18.3 Å². The second-order valence-corrected chi connectivity index (χ2v) is 6.99. The number of sulfonamides is 1. The van der Waals surface area contributed by atoms with Crippen LogP contribution < -0.4 is 9.46 Å². The maximum Gasteiger partial charge on any atom is 0.240 e. The van der Waals surface area contributed by atoms with Crippen LogP contribution in [-0.2, 0) is 10.0 Å². The summed E-state index contributed by atoms with van der Waals surface area (Å²) in [4.78, 5) is 0.185. The second kappa shape index (κ2) is 6.11. The van der Waals surface area contributed by atoms with Gasteiger partial charge in [-0.1, -0.05) is 6.92 Å². The average Bonchev–Trinajstić information content (AvgIpc) is 2.41. The molecular formula is C14H21NO4S. The van der Waals surface area contributed by atoms with Crippen LogP contribution in [0, 0.1) is 0 Å². The Morgan fingerprint density at radius 2 is 1.95 bits per heavy atom. The molecule has 5 nitrogen and oxygen atoms in total. The molecule has 0 heterocycles. The van der Waals surface area contributed by atoms with Crippen molar-refractivity contribution in [2.45, 2.75) is 43.1 Å². The van der Waals surface area contributed by atoms with Crippen LogP contribution in [0.25, 0.3) is 0 Å². The molecule has 0 saturated heterocycles. The summed E-state index contributed by atoms with van der Waals surface area (Å²) >= 11 is 0. The van der Waals surface area contributed by atoms with Gasteiger partial charge < -0.3 is 9.84 Å². The highest BCUT2D eigenvalue weighted by Crippen LogP contribution is 2.31. The SMILES string of the molecule is CCCOc1ccc(S(=O)(=O)NCC2(O)CCC2)cc1. The lowest BCUT2D eigenvalue weighted by Gasteiger charge is -2.36. The van der Waals surface area contributed by atoms with Crippen molar-refractivity contribution in [3.05, 3.63) is 24.3 Å². The summed E-state index contributed by atoms with van der Waals surface area (Å²) in [5.41, 5.74) is -0.864. The largest absolute Gasteiger partial charge is 0.494 e. The van der Waals surface area contributed by atoms with Crippen molar-refractivity contribution in [2.24, 2.45) is 0 Å². The van der Waals surface area contributed by atoms with Gasteiger partial charge in [0.15, 0.2) is 0 Å². The maximum atomic E-state index is 12.1. The molecule has 1 aliphatic carbocycles. The van der Waals surface area contributed by atoms with E-state index in [1.165, 1.54) is 12.1 Å². The Balaban J connectivity index is 1.98. The van der Waals surface area contributed by atoms with E-state index in [0.717, 1.165) is 12.8 Å². The molecule has 0 unspecified atom stereocenters. The number of nitrogens with one attached hydrogen (secondary N) is 1. The molecule has 0 bridgehead atoms. The fourth-order valence-electron chi connectivity index (χ4n) is 2.01. The van der Waals surface area contributed by atoms with Crippen LogP contribution in [0.5, 0.6) is 5.75 Å². The van der Waals surface area contributed by atoms with E-state index in [9.17, 15) is 13.5 Å². The van der Waals surface area contributed by atoms with Crippen molar-refractivity contribution in [3.8, 4) is 5.75 Å². The minimum Gasteiger partial charge on any atom is -0.494 e. The van der Waals surface area contributed by atoms with Gasteiger partial charge >= 0.3 is 0 Å². The van der Waals surface area contributed by atoms with Crippen LogP contribution >= 0.6 is 0 Å². The van der Waals surface area contributed by atoms with Gasteiger partial charge in [0.2, 0.25) is 10.0 Å². The minimum atomic E-state index is -3.57. The molecule has 1 saturated carbocycles. The molecule has 1 aliphatic rings. The van der Waals surface area contributed by atoms with Gasteiger partial charge in [0.25, 0.3) is 0 Å². The van der Waals surface area contributed by atoms with E-state index in [-0.39, 0.29) is 11.4 Å². The molecule has 2 N–H and O–H groups in total. The topological polar surface area (TPSA) is 75.6 Å². The Morgan fingerprint density at radius 1 is 1.30 bits per heavy atom. The van der Waals surface area contributed by atoms with Gasteiger partial charge in [-0.3, -0.25) is 0 Å². The zero-order valence-electron chi connectivity index (χ0n) is 11.6. The van der Waals surface area contributed by atoms with E-state index in [0.29, 0.717) is 25.2 Å². The Hall–Kier alpha value is -1.11. The molecule has 1 aromatic carbocycles. The van der Waals surface area contributed by atoms with Crippen molar-refractivity contribution in [3.63, 3.8) is 0 Å². The fraction of sp³-hybridized carbons (Fsp3) is 0.571. The third-order valence-corrected chi connectivity index (χ3v) is 4.90. The Labute approximate surface area is 120 Å². The van der Waals surface area contributed by atoms with Crippen LogP contribution in [-0.4, -0.2) is 32.3 Å². The number of rotatable bonds is 7. The third-order valence-electron chi connectivity index (χ3n) is 3.48. The van der Waals surface area contributed by atoms with E-state index >= 15 is 0 Å². The molecule has 0 aliphatic heterocycles. The lowest BCUT2D eigenvalue weighted by molar-refractivity contribution is -0.0270. The van der Waals surface area contributed by atoms with Gasteiger partial charge in [0.1, 0.15) is 5.75 Å². The van der Waals surface area contributed by atoms with Crippen LogP contribution in [0.4, 0.5) is 0 Å². The highest BCUT2D eigenvalue weighted by atomic mass is 32.2. The molecular weight excluding hydrogens is 278 g/mol. The summed E-state index contributed by atoms with van der Waals surface area (Å²) in [6.45, 7) is 2.69. The highest BCUT2D eigenvalue weighted by Gasteiger charge is 2.35. The standard InChI is InChI=1S/C14H21NO4S/c1-2-10-19-12-4-6-13(7-5-12)20(17,18)15-11-14(16)8-3-9-14/h4-7,15-16H,2-3,8-11H2,1H3. The summed E-state index contributed by atoms with van der Waals surface area (Å²) in [6, 6.07) is 6.31. The summed E-state index contributed by atoms with van der Waals surface area (Å²) < 4.78 is 32.0. The first-order chi connectivity index (χ1) is 9.45. The Morgan fingerprint density at radius 3 is 2.45 bits per heavy atom. The van der Waals surface area contributed by atoms with E-state index in [1.54, 1.807) is 12.1 Å².